The van der Waals surface area contributed by atoms with Gasteiger partial charge in [-0.2, -0.15) is 22.7 Å². The van der Waals surface area contributed by atoms with Crippen LogP contribution >= 0.6 is 0 Å². The molecule has 1 spiro atoms. The second-order valence-corrected chi connectivity index (χ2v) is 13.5. The number of aromatic nitrogens is 6. The Morgan fingerprint density at radius 3 is 2.45 bits per heavy atom. The molecule has 2 amide bonds. The van der Waals surface area contributed by atoms with Crippen LogP contribution < -0.4 is 10.9 Å². The van der Waals surface area contributed by atoms with Crippen molar-refractivity contribution in [3.63, 3.8) is 0 Å². The van der Waals surface area contributed by atoms with Crippen LogP contribution in [0.2, 0.25) is 0 Å². The maximum absolute atomic E-state index is 14.5. The van der Waals surface area contributed by atoms with E-state index in [1.54, 1.807) is 16.4 Å². The number of anilines is 1. The molecule has 0 bridgehead atoms. The number of amides is 2. The van der Waals surface area contributed by atoms with Crippen LogP contribution in [0.15, 0.2) is 29.3 Å². The number of aromatic hydroxyl groups is 1. The number of fused-ring (bicyclic) bond motifs is 3. The summed E-state index contributed by atoms with van der Waals surface area (Å²) in [5, 5.41) is 17.9. The van der Waals surface area contributed by atoms with E-state index in [1.807, 2.05) is 6.08 Å². The molecule has 0 radical (unpaired) electrons. The highest BCUT2D eigenvalue weighted by Crippen LogP contribution is 2.44. The summed E-state index contributed by atoms with van der Waals surface area (Å²) in [5.74, 6) is -0.638. The maximum Gasteiger partial charge on any atom is 0.416 e. The molecule has 3 aliphatic rings. The first-order valence-electron chi connectivity index (χ1n) is 16.9. The summed E-state index contributed by atoms with van der Waals surface area (Å²) < 4.78 is 48.8. The average Bonchev–Trinajstić information content (AvgIpc) is 3.56. The molecule has 0 saturated carbocycles. The van der Waals surface area contributed by atoms with Crippen molar-refractivity contribution < 1.29 is 32.6 Å². The van der Waals surface area contributed by atoms with Gasteiger partial charge in [-0.15, -0.1) is 5.10 Å². The number of ether oxygens (including phenoxy) is 1. The first-order chi connectivity index (χ1) is 24.3. The van der Waals surface area contributed by atoms with Crippen molar-refractivity contribution in [1.82, 2.24) is 34.0 Å². The second-order valence-electron chi connectivity index (χ2n) is 13.5. The van der Waals surface area contributed by atoms with E-state index in [0.29, 0.717) is 87.6 Å². The molecule has 5 heterocycles. The van der Waals surface area contributed by atoms with Crippen molar-refractivity contribution in [2.45, 2.75) is 77.4 Å². The predicted octanol–water partition coefficient (Wildman–Crippen LogP) is 4.28. The first-order valence-corrected chi connectivity index (χ1v) is 16.9. The number of carbonyl (C=O) groups excluding carboxylic acids is 2. The quantitative estimate of drug-likeness (QED) is 0.309. The predicted molar refractivity (Wildman–Crippen MR) is 178 cm³/mol. The summed E-state index contributed by atoms with van der Waals surface area (Å²) >= 11 is 0. The van der Waals surface area contributed by atoms with Crippen molar-refractivity contribution in [3.05, 3.63) is 80.0 Å². The number of hydrogen-bond donors (Lipinski definition) is 2. The van der Waals surface area contributed by atoms with Gasteiger partial charge in [0.2, 0.25) is 11.7 Å². The summed E-state index contributed by atoms with van der Waals surface area (Å²) in [4.78, 5) is 56.0. The number of benzene rings is 1. The van der Waals surface area contributed by atoms with Gasteiger partial charge in [0, 0.05) is 35.4 Å². The molecule has 2 aliphatic heterocycles. The molecule has 4 aromatic rings. The number of halogens is 3. The summed E-state index contributed by atoms with van der Waals surface area (Å²) in [6.07, 6.45) is 1.91. The van der Waals surface area contributed by atoms with Gasteiger partial charge in [0.15, 0.2) is 17.3 Å². The van der Waals surface area contributed by atoms with Gasteiger partial charge in [-0.1, -0.05) is 6.08 Å². The molecule has 0 unspecified atom stereocenters. The minimum absolute atomic E-state index is 0.0753. The summed E-state index contributed by atoms with van der Waals surface area (Å²) in [6.45, 7) is 5.81. The summed E-state index contributed by atoms with van der Waals surface area (Å²) in [5.41, 5.74) is 1.29. The average molecular weight is 707 g/mol. The molecule has 16 heteroatoms. The lowest BCUT2D eigenvalue weighted by Crippen LogP contribution is -2.50. The molecule has 13 nitrogen and oxygen atoms in total. The minimum Gasteiger partial charge on any atom is -0.504 e. The fourth-order valence-corrected chi connectivity index (χ4v) is 7.70. The van der Waals surface area contributed by atoms with E-state index in [4.69, 9.17) is 9.72 Å². The monoisotopic (exact) mass is 706 g/mol. The molecule has 1 saturated heterocycles. The van der Waals surface area contributed by atoms with Crippen molar-refractivity contribution in [2.24, 2.45) is 0 Å². The zero-order chi connectivity index (χ0) is 36.2. The first kappa shape index (κ1) is 34.3. The number of nitrogens with one attached hydrogen (secondary N) is 1. The summed E-state index contributed by atoms with van der Waals surface area (Å²) in [6, 6.07) is 2.01. The van der Waals surface area contributed by atoms with Gasteiger partial charge in [0.25, 0.3) is 11.5 Å². The lowest BCUT2D eigenvalue weighted by molar-refractivity contribution is -0.137. The Morgan fingerprint density at radius 2 is 1.78 bits per heavy atom. The lowest BCUT2D eigenvalue weighted by atomic mass is 9.66. The third-order valence-electron chi connectivity index (χ3n) is 10.3. The van der Waals surface area contributed by atoms with E-state index >= 15 is 0 Å². The highest BCUT2D eigenvalue weighted by atomic mass is 19.4. The van der Waals surface area contributed by atoms with Crippen molar-refractivity contribution >= 4 is 28.9 Å². The standard InChI is InChI=1S/C35H37F3N8O5/c1-19-15-23(35(36,37)38)16-20(2)27(19)41-25(47)17-45-24-5-4-8-34(9-11-44(12-10-34)32(50)28-29(48)21(3)39-18-40-28)26(24)31(49)46-33(45)42-30(43-46)22-6-13-51-14-7-22/h6,15-16,18,48H,4-5,7-14,17H2,1-3H3,(H,41,47). The van der Waals surface area contributed by atoms with Gasteiger partial charge in [0.05, 0.1) is 24.5 Å². The Kier molecular flexibility index (Phi) is 8.68. The molecule has 7 rings (SSSR count). The number of piperidine rings is 1. The smallest absolute Gasteiger partial charge is 0.416 e. The van der Waals surface area contributed by atoms with Crippen molar-refractivity contribution in [3.8, 4) is 5.75 Å². The highest BCUT2D eigenvalue weighted by Gasteiger charge is 2.45. The van der Waals surface area contributed by atoms with E-state index in [9.17, 15) is 32.7 Å². The Labute approximate surface area is 290 Å². The second kappa shape index (κ2) is 12.9. The molecule has 0 atom stereocenters. The molecule has 1 fully saturated rings. The van der Waals surface area contributed by atoms with Crippen LogP contribution in [0.25, 0.3) is 11.4 Å². The van der Waals surface area contributed by atoms with Crippen molar-refractivity contribution in [2.75, 3.05) is 31.6 Å². The molecular formula is C35H37F3N8O5. The van der Waals surface area contributed by atoms with E-state index in [0.717, 1.165) is 17.7 Å². The molecule has 2 N–H and O–H groups in total. The Hall–Kier alpha value is -5.12. The fraction of sp³-hybridized carbons (Fsp3) is 0.457. The summed E-state index contributed by atoms with van der Waals surface area (Å²) in [7, 11) is 0. The van der Waals surface area contributed by atoms with E-state index in [-0.39, 0.29) is 46.1 Å². The third-order valence-corrected chi connectivity index (χ3v) is 10.3. The van der Waals surface area contributed by atoms with Gasteiger partial charge >= 0.3 is 6.18 Å². The van der Waals surface area contributed by atoms with Gasteiger partial charge in [-0.3, -0.25) is 14.4 Å². The number of likely N-dealkylation sites (tertiary alicyclic amines) is 1. The Bertz CT molecular complexity index is 2140. The zero-order valence-corrected chi connectivity index (χ0v) is 28.4. The molecule has 1 aromatic carbocycles. The number of aryl methyl sites for hydroxylation is 3. The third kappa shape index (κ3) is 6.15. The Morgan fingerprint density at radius 1 is 1.06 bits per heavy atom. The number of alkyl halides is 3. The number of nitrogens with zero attached hydrogens (tertiary/aromatic N) is 7. The van der Waals surface area contributed by atoms with E-state index < -0.39 is 29.0 Å². The number of carbonyl (C=O) groups is 2. The fourth-order valence-electron chi connectivity index (χ4n) is 7.70. The molecule has 3 aromatic heterocycles. The van der Waals surface area contributed by atoms with Crippen LogP contribution in [0.3, 0.4) is 0 Å². The normalized spacial score (nSPS) is 17.4. The molecule has 51 heavy (non-hydrogen) atoms. The van der Waals surface area contributed by atoms with Crippen LogP contribution in [0.5, 0.6) is 5.75 Å². The maximum atomic E-state index is 14.5. The largest absolute Gasteiger partial charge is 0.504 e. The van der Waals surface area contributed by atoms with Crippen molar-refractivity contribution in [1.29, 1.82) is 0 Å². The highest BCUT2D eigenvalue weighted by molar-refractivity contribution is 5.95. The Balaban J connectivity index is 1.27. The molecular weight excluding hydrogens is 669 g/mol. The number of rotatable bonds is 5. The number of hydrogen-bond acceptors (Lipinski definition) is 9. The van der Waals surface area contributed by atoms with Crippen LogP contribution in [0, 0.1) is 20.8 Å². The van der Waals surface area contributed by atoms with E-state index in [1.165, 1.54) is 24.7 Å². The zero-order valence-electron chi connectivity index (χ0n) is 28.4. The SMILES string of the molecule is Cc1cc(C(F)(F)F)cc(C)c1NC(=O)Cn1c2c(c(=O)n3nc(C4=CCOCC4)nc13)C1(CCC2)CCN(C(=O)c2ncnc(C)c2O)CC1. The van der Waals surface area contributed by atoms with E-state index in [2.05, 4.69) is 20.4 Å². The minimum atomic E-state index is -4.53. The molecule has 1 aliphatic carbocycles. The van der Waals surface area contributed by atoms with Crippen LogP contribution in [0.4, 0.5) is 18.9 Å². The van der Waals surface area contributed by atoms with Gasteiger partial charge in [0.1, 0.15) is 12.9 Å². The topological polar surface area (TPSA) is 157 Å². The van der Waals surface area contributed by atoms with Crippen LogP contribution in [-0.4, -0.2) is 77.3 Å². The van der Waals surface area contributed by atoms with Gasteiger partial charge in [-0.25, -0.2) is 9.97 Å². The van der Waals surface area contributed by atoms with Crippen LogP contribution in [-0.2, 0) is 34.1 Å². The molecule has 268 valence electrons. The van der Waals surface area contributed by atoms with Gasteiger partial charge < -0.3 is 24.6 Å². The van der Waals surface area contributed by atoms with Gasteiger partial charge in [-0.05, 0) is 88.1 Å². The van der Waals surface area contributed by atoms with Crippen LogP contribution in [0.1, 0.15) is 82.1 Å². The lowest BCUT2D eigenvalue weighted by Gasteiger charge is -2.45.